The Hall–Kier alpha value is -2.99. The van der Waals surface area contributed by atoms with Crippen LogP contribution in [0.15, 0.2) is 42.7 Å². The highest BCUT2D eigenvalue weighted by molar-refractivity contribution is 7.17. The molecule has 0 atom stereocenters. The molecule has 0 unspecified atom stereocenters. The molecule has 132 valence electrons. The van der Waals surface area contributed by atoms with Gasteiger partial charge in [0.1, 0.15) is 5.00 Å². The number of amides is 2. The molecular weight excluding hydrogens is 346 g/mol. The number of aryl methyl sites for hydroxylation is 3. The Kier molecular flexibility index (Phi) is 4.86. The molecule has 2 aromatic heterocycles. The topological polar surface area (TPSA) is 85.1 Å². The maximum absolute atomic E-state index is 12.5. The number of hydrogen-bond acceptors (Lipinski definition) is 4. The second-order valence-corrected chi connectivity index (χ2v) is 7.32. The van der Waals surface area contributed by atoms with Crippen molar-refractivity contribution < 1.29 is 9.59 Å². The standard InChI is InChI=1S/C20H19N3O2S/c1-11-4-5-15(10-12(11)2)16-13(3)26-20(17(16)18(21)24)23-19(25)14-6-8-22-9-7-14/h4-10H,1-3H3,(H2,21,24)(H,23,25). The van der Waals surface area contributed by atoms with Crippen LogP contribution < -0.4 is 11.1 Å². The fourth-order valence-corrected chi connectivity index (χ4v) is 3.87. The summed E-state index contributed by atoms with van der Waals surface area (Å²) in [4.78, 5) is 29.5. The first-order valence-electron chi connectivity index (χ1n) is 8.10. The lowest BCUT2D eigenvalue weighted by Gasteiger charge is -2.09. The predicted molar refractivity (Wildman–Crippen MR) is 105 cm³/mol. The molecule has 0 aliphatic heterocycles. The summed E-state index contributed by atoms with van der Waals surface area (Å²) in [7, 11) is 0. The summed E-state index contributed by atoms with van der Waals surface area (Å²) >= 11 is 1.35. The molecule has 0 spiro atoms. The molecule has 0 aliphatic rings. The minimum absolute atomic E-state index is 0.303. The highest BCUT2D eigenvalue weighted by Crippen LogP contribution is 2.40. The molecule has 3 N–H and O–H groups in total. The Morgan fingerprint density at radius 1 is 1.04 bits per heavy atom. The number of nitrogens with two attached hydrogens (primary N) is 1. The van der Waals surface area contributed by atoms with Gasteiger partial charge in [0.25, 0.3) is 11.8 Å². The molecule has 0 aliphatic carbocycles. The first-order valence-corrected chi connectivity index (χ1v) is 8.92. The molecule has 3 rings (SSSR count). The molecule has 3 aromatic rings. The molecule has 6 heteroatoms. The van der Waals surface area contributed by atoms with Crippen molar-refractivity contribution >= 4 is 28.2 Å². The number of aromatic nitrogens is 1. The number of rotatable bonds is 4. The number of carbonyl (C=O) groups is 2. The first-order chi connectivity index (χ1) is 12.4. The van der Waals surface area contributed by atoms with E-state index in [0.29, 0.717) is 16.1 Å². The van der Waals surface area contributed by atoms with Crippen LogP contribution in [0.25, 0.3) is 11.1 Å². The summed E-state index contributed by atoms with van der Waals surface area (Å²) in [5.41, 5.74) is 10.5. The van der Waals surface area contributed by atoms with E-state index in [0.717, 1.165) is 21.6 Å². The molecular formula is C20H19N3O2S. The van der Waals surface area contributed by atoms with E-state index in [9.17, 15) is 9.59 Å². The van der Waals surface area contributed by atoms with Gasteiger partial charge in [0.15, 0.2) is 0 Å². The molecule has 26 heavy (non-hydrogen) atoms. The van der Waals surface area contributed by atoms with Crippen LogP contribution in [0, 0.1) is 20.8 Å². The average Bonchev–Trinajstić information content (AvgIpc) is 2.94. The van der Waals surface area contributed by atoms with E-state index >= 15 is 0 Å². The van der Waals surface area contributed by atoms with Gasteiger partial charge in [-0.25, -0.2) is 0 Å². The monoisotopic (exact) mass is 365 g/mol. The first kappa shape index (κ1) is 17.8. The smallest absolute Gasteiger partial charge is 0.256 e. The van der Waals surface area contributed by atoms with Gasteiger partial charge in [0, 0.05) is 28.4 Å². The zero-order valence-corrected chi connectivity index (χ0v) is 15.6. The van der Waals surface area contributed by atoms with E-state index in [4.69, 9.17) is 5.73 Å². The van der Waals surface area contributed by atoms with Crippen LogP contribution in [0.3, 0.4) is 0 Å². The van der Waals surface area contributed by atoms with Crippen molar-refractivity contribution in [3.8, 4) is 11.1 Å². The van der Waals surface area contributed by atoms with E-state index < -0.39 is 5.91 Å². The van der Waals surface area contributed by atoms with Gasteiger partial charge in [0.05, 0.1) is 5.56 Å². The van der Waals surface area contributed by atoms with Crippen molar-refractivity contribution in [2.75, 3.05) is 5.32 Å². The van der Waals surface area contributed by atoms with Crippen molar-refractivity contribution in [1.82, 2.24) is 4.98 Å². The highest BCUT2D eigenvalue weighted by atomic mass is 32.1. The predicted octanol–water partition coefficient (Wildman–Crippen LogP) is 4.09. The second-order valence-electron chi connectivity index (χ2n) is 6.09. The van der Waals surface area contributed by atoms with Gasteiger partial charge in [-0.2, -0.15) is 0 Å². The van der Waals surface area contributed by atoms with E-state index in [1.54, 1.807) is 24.5 Å². The third kappa shape index (κ3) is 3.36. The molecule has 1 aromatic carbocycles. The lowest BCUT2D eigenvalue weighted by Crippen LogP contribution is -2.17. The van der Waals surface area contributed by atoms with Gasteiger partial charge in [-0.05, 0) is 49.6 Å². The van der Waals surface area contributed by atoms with Gasteiger partial charge in [-0.3, -0.25) is 14.6 Å². The maximum atomic E-state index is 12.5. The zero-order valence-electron chi connectivity index (χ0n) is 14.8. The van der Waals surface area contributed by atoms with Crippen LogP contribution in [-0.2, 0) is 0 Å². The Morgan fingerprint density at radius 3 is 2.35 bits per heavy atom. The molecule has 0 fully saturated rings. The van der Waals surface area contributed by atoms with E-state index in [1.807, 2.05) is 39.0 Å². The molecule has 0 bridgehead atoms. The summed E-state index contributed by atoms with van der Waals surface area (Å²) in [5, 5.41) is 3.28. The van der Waals surface area contributed by atoms with E-state index in [1.165, 1.54) is 16.9 Å². The Bertz CT molecular complexity index is 994. The Labute approximate surface area is 155 Å². The lowest BCUT2D eigenvalue weighted by atomic mass is 9.97. The fourth-order valence-electron chi connectivity index (χ4n) is 2.79. The second kappa shape index (κ2) is 7.09. The number of nitrogens with zero attached hydrogens (tertiary/aromatic N) is 1. The number of pyridine rings is 1. The van der Waals surface area contributed by atoms with E-state index in [2.05, 4.69) is 10.3 Å². The minimum Gasteiger partial charge on any atom is -0.365 e. The number of primary amides is 1. The fraction of sp³-hybridized carbons (Fsp3) is 0.150. The van der Waals surface area contributed by atoms with Gasteiger partial charge in [0.2, 0.25) is 0 Å². The van der Waals surface area contributed by atoms with Crippen molar-refractivity contribution in [2.24, 2.45) is 5.73 Å². The quantitative estimate of drug-likeness (QED) is 0.730. The summed E-state index contributed by atoms with van der Waals surface area (Å²) < 4.78 is 0. The average molecular weight is 365 g/mol. The van der Waals surface area contributed by atoms with Crippen LogP contribution in [-0.4, -0.2) is 16.8 Å². The number of hydrogen-bond donors (Lipinski definition) is 2. The molecule has 0 saturated heterocycles. The van der Waals surface area contributed by atoms with Gasteiger partial charge in [-0.15, -0.1) is 11.3 Å². The van der Waals surface area contributed by atoms with Crippen LogP contribution in [0.5, 0.6) is 0 Å². The number of benzene rings is 1. The Balaban J connectivity index is 2.06. The number of anilines is 1. The van der Waals surface area contributed by atoms with Crippen molar-refractivity contribution in [1.29, 1.82) is 0 Å². The maximum Gasteiger partial charge on any atom is 0.256 e. The third-order valence-corrected chi connectivity index (χ3v) is 5.32. The van der Waals surface area contributed by atoms with Gasteiger partial charge < -0.3 is 11.1 Å². The summed E-state index contributed by atoms with van der Waals surface area (Å²) in [6, 6.07) is 9.25. The van der Waals surface area contributed by atoms with Crippen molar-refractivity contribution in [2.45, 2.75) is 20.8 Å². The highest BCUT2D eigenvalue weighted by Gasteiger charge is 2.23. The molecule has 2 heterocycles. The summed E-state index contributed by atoms with van der Waals surface area (Å²) in [6.07, 6.45) is 3.09. The number of carbonyl (C=O) groups excluding carboxylic acids is 2. The molecule has 0 radical (unpaired) electrons. The largest absolute Gasteiger partial charge is 0.365 e. The van der Waals surface area contributed by atoms with E-state index in [-0.39, 0.29) is 5.91 Å². The van der Waals surface area contributed by atoms with Gasteiger partial charge in [-0.1, -0.05) is 18.2 Å². The van der Waals surface area contributed by atoms with Crippen LogP contribution in [0.2, 0.25) is 0 Å². The normalized spacial score (nSPS) is 10.6. The summed E-state index contributed by atoms with van der Waals surface area (Å²) in [5.74, 6) is -0.865. The van der Waals surface area contributed by atoms with Crippen LogP contribution in [0.4, 0.5) is 5.00 Å². The number of thiophene rings is 1. The lowest BCUT2D eigenvalue weighted by molar-refractivity contribution is 0.100. The molecule has 2 amide bonds. The van der Waals surface area contributed by atoms with Crippen molar-refractivity contribution in [3.05, 3.63) is 69.9 Å². The van der Waals surface area contributed by atoms with Crippen LogP contribution in [0.1, 0.15) is 36.7 Å². The molecule has 0 saturated carbocycles. The Morgan fingerprint density at radius 2 is 1.73 bits per heavy atom. The van der Waals surface area contributed by atoms with Crippen LogP contribution >= 0.6 is 11.3 Å². The minimum atomic E-state index is -0.562. The summed E-state index contributed by atoms with van der Waals surface area (Å²) in [6.45, 7) is 5.98. The SMILES string of the molecule is Cc1ccc(-c2c(C)sc(NC(=O)c3ccncc3)c2C(N)=O)cc1C. The van der Waals surface area contributed by atoms with Crippen molar-refractivity contribution in [3.63, 3.8) is 0 Å². The van der Waals surface area contributed by atoms with Gasteiger partial charge >= 0.3 is 0 Å². The zero-order chi connectivity index (χ0) is 18.8. The number of nitrogens with one attached hydrogen (secondary N) is 1. The molecule has 5 nitrogen and oxygen atoms in total. The third-order valence-electron chi connectivity index (χ3n) is 4.30.